The fourth-order valence-electron chi connectivity index (χ4n) is 4.83. The summed E-state index contributed by atoms with van der Waals surface area (Å²) in [7, 11) is 0. The highest BCUT2D eigenvalue weighted by Gasteiger charge is 2.36. The number of benzene rings is 1. The Morgan fingerprint density at radius 1 is 1.16 bits per heavy atom. The normalized spacial score (nSPS) is 17.8. The fourth-order valence-corrected chi connectivity index (χ4v) is 5.71. The molecule has 2 aliphatic rings. The van der Waals surface area contributed by atoms with Gasteiger partial charge in [0.1, 0.15) is 10.9 Å². The predicted molar refractivity (Wildman–Crippen MR) is 143 cm³/mol. The number of halogens is 1. The van der Waals surface area contributed by atoms with E-state index in [1.54, 1.807) is 24.3 Å². The highest BCUT2D eigenvalue weighted by Crippen LogP contribution is 2.30. The Morgan fingerprint density at radius 3 is 2.46 bits per heavy atom. The standard InChI is InChI=1S/C25H33ClN6O4S/c26-17-8-6-16(7-9-17)21(24(34)29-18-4-2-1-3-5-18)32(11-10-31-12-14-36-15-13-31)25(35)22-19(27)20(23(28)33)30-37-22/h6-9,18,21H,1-5,10-15,27H2,(H2,28,33)(H,29,34)/t21-/m0/s1. The van der Waals surface area contributed by atoms with Crippen molar-refractivity contribution in [3.63, 3.8) is 0 Å². The van der Waals surface area contributed by atoms with Gasteiger partial charge in [-0.1, -0.05) is 43.0 Å². The number of morpholine rings is 1. The summed E-state index contributed by atoms with van der Waals surface area (Å²) in [4.78, 5) is 43.3. The number of carbonyl (C=O) groups is 3. The van der Waals surface area contributed by atoms with Gasteiger partial charge in [0, 0.05) is 37.2 Å². The molecule has 1 aromatic heterocycles. The van der Waals surface area contributed by atoms with Crippen molar-refractivity contribution in [2.75, 3.05) is 45.1 Å². The molecule has 12 heteroatoms. The lowest BCUT2D eigenvalue weighted by molar-refractivity contribution is -0.127. The summed E-state index contributed by atoms with van der Waals surface area (Å²) >= 11 is 6.95. The number of nitrogens with zero attached hydrogens (tertiary/aromatic N) is 3. The molecule has 0 bridgehead atoms. The van der Waals surface area contributed by atoms with Gasteiger partial charge in [-0.3, -0.25) is 19.3 Å². The number of primary amides is 1. The van der Waals surface area contributed by atoms with Crippen molar-refractivity contribution in [3.05, 3.63) is 45.4 Å². The average Bonchev–Trinajstić information content (AvgIpc) is 3.29. The maximum absolute atomic E-state index is 14.0. The van der Waals surface area contributed by atoms with Crippen LogP contribution in [0.3, 0.4) is 0 Å². The highest BCUT2D eigenvalue weighted by molar-refractivity contribution is 7.09. The second-order valence-electron chi connectivity index (χ2n) is 9.39. The molecule has 1 saturated carbocycles. The van der Waals surface area contributed by atoms with Gasteiger partial charge in [0.05, 0.1) is 18.9 Å². The van der Waals surface area contributed by atoms with Crippen LogP contribution < -0.4 is 16.8 Å². The molecule has 0 spiro atoms. The van der Waals surface area contributed by atoms with Crippen molar-refractivity contribution in [2.24, 2.45) is 5.73 Å². The smallest absolute Gasteiger partial charge is 0.270 e. The molecule has 2 aromatic rings. The number of hydrogen-bond donors (Lipinski definition) is 3. The molecule has 2 heterocycles. The van der Waals surface area contributed by atoms with Crippen LogP contribution in [0, 0.1) is 0 Å². The summed E-state index contributed by atoms with van der Waals surface area (Å²) in [6.07, 6.45) is 5.09. The molecule has 200 valence electrons. The van der Waals surface area contributed by atoms with Gasteiger partial charge in [-0.25, -0.2) is 0 Å². The third-order valence-corrected chi connectivity index (χ3v) is 7.98. The topological polar surface area (TPSA) is 144 Å². The summed E-state index contributed by atoms with van der Waals surface area (Å²) in [5.74, 6) is -1.55. The molecule has 1 aliphatic heterocycles. The fraction of sp³-hybridized carbons (Fsp3) is 0.520. The van der Waals surface area contributed by atoms with Crippen LogP contribution in [0.4, 0.5) is 5.69 Å². The zero-order valence-electron chi connectivity index (χ0n) is 20.7. The third kappa shape index (κ3) is 6.78. The van der Waals surface area contributed by atoms with Gasteiger partial charge < -0.3 is 26.4 Å². The largest absolute Gasteiger partial charge is 0.395 e. The number of nitrogens with one attached hydrogen (secondary N) is 1. The molecule has 4 rings (SSSR count). The van der Waals surface area contributed by atoms with E-state index < -0.39 is 17.9 Å². The first kappa shape index (κ1) is 27.3. The third-order valence-electron chi connectivity index (χ3n) is 6.87. The summed E-state index contributed by atoms with van der Waals surface area (Å²) in [6.45, 7) is 3.48. The first-order chi connectivity index (χ1) is 17.8. The number of rotatable bonds is 9. The molecule has 1 aromatic carbocycles. The number of hydrogen-bond acceptors (Lipinski definition) is 8. The second kappa shape index (κ2) is 12.7. The molecule has 0 unspecified atom stereocenters. The second-order valence-corrected chi connectivity index (χ2v) is 10.6. The molecular formula is C25H33ClN6O4S. The van der Waals surface area contributed by atoms with Gasteiger partial charge in [-0.2, -0.15) is 4.37 Å². The number of carbonyl (C=O) groups excluding carboxylic acids is 3. The number of anilines is 1. The van der Waals surface area contributed by atoms with Crippen molar-refractivity contribution in [1.82, 2.24) is 19.5 Å². The molecule has 5 N–H and O–H groups in total. The molecule has 3 amide bonds. The van der Waals surface area contributed by atoms with Gasteiger partial charge >= 0.3 is 0 Å². The van der Waals surface area contributed by atoms with E-state index >= 15 is 0 Å². The molecule has 1 saturated heterocycles. The molecular weight excluding hydrogens is 516 g/mol. The zero-order chi connectivity index (χ0) is 26.4. The van der Waals surface area contributed by atoms with Crippen LogP contribution in [0.5, 0.6) is 0 Å². The highest BCUT2D eigenvalue weighted by atomic mass is 35.5. The minimum absolute atomic E-state index is 0.0576. The van der Waals surface area contributed by atoms with Crippen LogP contribution in [0.2, 0.25) is 5.02 Å². The maximum Gasteiger partial charge on any atom is 0.270 e. The lowest BCUT2D eigenvalue weighted by Gasteiger charge is -2.35. The Morgan fingerprint density at radius 2 is 1.84 bits per heavy atom. The Labute approximate surface area is 225 Å². The van der Waals surface area contributed by atoms with Crippen LogP contribution in [-0.4, -0.2) is 77.3 Å². The van der Waals surface area contributed by atoms with Crippen LogP contribution in [0.1, 0.15) is 63.9 Å². The Balaban J connectivity index is 1.69. The van der Waals surface area contributed by atoms with Crippen LogP contribution in [-0.2, 0) is 9.53 Å². The van der Waals surface area contributed by atoms with Crippen LogP contribution >= 0.6 is 23.1 Å². The molecule has 2 fully saturated rings. The number of aromatic nitrogens is 1. The van der Waals surface area contributed by atoms with Gasteiger partial charge in [0.15, 0.2) is 5.69 Å². The van der Waals surface area contributed by atoms with Crippen LogP contribution in [0.15, 0.2) is 24.3 Å². The van der Waals surface area contributed by atoms with E-state index in [4.69, 9.17) is 27.8 Å². The summed E-state index contributed by atoms with van der Waals surface area (Å²) in [6, 6.07) is 6.05. The molecule has 37 heavy (non-hydrogen) atoms. The van der Waals surface area contributed by atoms with E-state index in [1.807, 2.05) is 0 Å². The van der Waals surface area contributed by atoms with Gasteiger partial charge in [0.25, 0.3) is 11.8 Å². The van der Waals surface area contributed by atoms with Crippen molar-refractivity contribution in [1.29, 1.82) is 0 Å². The molecule has 10 nitrogen and oxygen atoms in total. The van der Waals surface area contributed by atoms with E-state index in [1.165, 1.54) is 4.90 Å². The lowest BCUT2D eigenvalue weighted by atomic mass is 9.94. The van der Waals surface area contributed by atoms with Crippen LogP contribution in [0.25, 0.3) is 0 Å². The predicted octanol–water partition coefficient (Wildman–Crippen LogP) is 2.44. The van der Waals surface area contributed by atoms with Gasteiger partial charge in [-0.15, -0.1) is 0 Å². The summed E-state index contributed by atoms with van der Waals surface area (Å²) in [5.41, 5.74) is 11.9. The molecule has 0 radical (unpaired) electrons. The van der Waals surface area contributed by atoms with Crippen molar-refractivity contribution in [3.8, 4) is 0 Å². The van der Waals surface area contributed by atoms with E-state index in [2.05, 4.69) is 14.6 Å². The lowest BCUT2D eigenvalue weighted by Crippen LogP contribution is -2.49. The zero-order valence-corrected chi connectivity index (χ0v) is 22.2. The minimum atomic E-state index is -0.925. The number of nitrogens with two attached hydrogens (primary N) is 2. The molecule has 1 atom stereocenters. The quantitative estimate of drug-likeness (QED) is 0.436. The first-order valence-corrected chi connectivity index (χ1v) is 13.7. The monoisotopic (exact) mass is 548 g/mol. The van der Waals surface area contributed by atoms with Gasteiger partial charge in [0.2, 0.25) is 5.91 Å². The van der Waals surface area contributed by atoms with Crippen molar-refractivity contribution < 1.29 is 19.1 Å². The Bertz CT molecular complexity index is 1100. The SMILES string of the molecule is NC(=O)c1nsc(C(=O)N(CCN2CCOCC2)[C@H](C(=O)NC2CCCCC2)c2ccc(Cl)cc2)c1N. The van der Waals surface area contributed by atoms with E-state index in [0.29, 0.717) is 30.3 Å². The van der Waals surface area contributed by atoms with Crippen molar-refractivity contribution >= 4 is 46.5 Å². The molecule has 1 aliphatic carbocycles. The Hall–Kier alpha value is -2.73. The maximum atomic E-state index is 14.0. The summed E-state index contributed by atoms with van der Waals surface area (Å²) in [5, 5.41) is 3.70. The van der Waals surface area contributed by atoms with Crippen molar-refractivity contribution in [2.45, 2.75) is 44.2 Å². The van der Waals surface area contributed by atoms with Gasteiger partial charge in [-0.05, 0) is 42.1 Å². The Kier molecular flexibility index (Phi) is 9.36. The number of nitrogen functional groups attached to an aromatic ring is 1. The van der Waals surface area contributed by atoms with E-state index in [-0.39, 0.29) is 34.8 Å². The first-order valence-electron chi connectivity index (χ1n) is 12.6. The number of amides is 3. The minimum Gasteiger partial charge on any atom is -0.395 e. The van der Waals surface area contributed by atoms with E-state index in [9.17, 15) is 14.4 Å². The summed E-state index contributed by atoms with van der Waals surface area (Å²) < 4.78 is 9.45. The average molecular weight is 549 g/mol. The van der Waals surface area contributed by atoms with E-state index in [0.717, 1.165) is 56.7 Å². The number of ether oxygens (including phenoxy) is 1.